The molecule has 0 aliphatic carbocycles. The molecule has 3 rings (SSSR count). The van der Waals surface area contributed by atoms with Gasteiger partial charge in [-0.2, -0.15) is 0 Å². The van der Waals surface area contributed by atoms with Crippen molar-refractivity contribution in [1.82, 2.24) is 0 Å². The molecular formula is C14H9S2. The average molecular weight is 241 g/mol. The van der Waals surface area contributed by atoms with E-state index in [0.29, 0.717) is 0 Å². The van der Waals surface area contributed by atoms with E-state index < -0.39 is 0 Å². The zero-order valence-electron chi connectivity index (χ0n) is 8.51. The summed E-state index contributed by atoms with van der Waals surface area (Å²) in [7, 11) is 1.39. The molecule has 3 aromatic rings. The minimum Gasteiger partial charge on any atom is -0.0616 e. The van der Waals surface area contributed by atoms with Gasteiger partial charge in [0.1, 0.15) is 0 Å². The minimum atomic E-state index is 1.17. The lowest BCUT2D eigenvalue weighted by Gasteiger charge is -2.06. The van der Waals surface area contributed by atoms with Gasteiger partial charge in [-0.1, -0.05) is 48.5 Å². The Morgan fingerprint density at radius 3 is 2.38 bits per heavy atom. The van der Waals surface area contributed by atoms with Gasteiger partial charge < -0.3 is 0 Å². The summed E-state index contributed by atoms with van der Waals surface area (Å²) in [5.41, 5.74) is 0. The van der Waals surface area contributed by atoms with Crippen molar-refractivity contribution in [1.29, 1.82) is 0 Å². The summed E-state index contributed by atoms with van der Waals surface area (Å²) >= 11 is 5.09. The van der Waals surface area contributed by atoms with Gasteiger partial charge >= 0.3 is 0 Å². The molecule has 0 aromatic heterocycles. The molecule has 77 valence electrons. The third-order valence-electron chi connectivity index (χ3n) is 2.84. The Balaban J connectivity index is 2.52. The fourth-order valence-electron chi connectivity index (χ4n) is 2.08. The highest BCUT2D eigenvalue weighted by molar-refractivity contribution is 8.68. The number of fused-ring (bicyclic) bond motifs is 3. The van der Waals surface area contributed by atoms with Crippen molar-refractivity contribution < 1.29 is 0 Å². The molecule has 0 fully saturated rings. The van der Waals surface area contributed by atoms with Gasteiger partial charge in [-0.15, -0.1) is 0 Å². The molecule has 0 unspecified atom stereocenters. The summed E-state index contributed by atoms with van der Waals surface area (Å²) in [5.74, 6) is 0. The van der Waals surface area contributed by atoms with Crippen molar-refractivity contribution in [2.75, 3.05) is 0 Å². The van der Waals surface area contributed by atoms with Gasteiger partial charge in [-0.25, -0.2) is 0 Å². The first-order chi connectivity index (χ1) is 7.90. The predicted molar refractivity (Wildman–Crippen MR) is 74.9 cm³/mol. The van der Waals surface area contributed by atoms with Crippen LogP contribution < -0.4 is 0 Å². The van der Waals surface area contributed by atoms with Crippen molar-refractivity contribution in [3.05, 3.63) is 54.6 Å². The van der Waals surface area contributed by atoms with E-state index in [2.05, 4.69) is 54.6 Å². The molecule has 0 N–H and O–H groups in total. The van der Waals surface area contributed by atoms with E-state index in [-0.39, 0.29) is 0 Å². The van der Waals surface area contributed by atoms with Crippen LogP contribution in [0.4, 0.5) is 0 Å². The Morgan fingerprint density at radius 2 is 1.50 bits per heavy atom. The van der Waals surface area contributed by atoms with E-state index in [1.807, 2.05) is 0 Å². The number of hydrogen-bond acceptors (Lipinski definition) is 1. The van der Waals surface area contributed by atoms with Gasteiger partial charge in [0.2, 0.25) is 0 Å². The van der Waals surface area contributed by atoms with Crippen LogP contribution in [-0.2, 0) is 0 Å². The topological polar surface area (TPSA) is 0 Å². The standard InChI is InChI=1S/C14H9S2/c15-16-14-7-3-6-12-11-5-2-1-4-10(11)8-9-13(12)14/h1-9H. The van der Waals surface area contributed by atoms with Gasteiger partial charge in [-0.05, 0) is 50.1 Å². The first-order valence-corrected chi connectivity index (χ1v) is 6.84. The van der Waals surface area contributed by atoms with Crippen LogP contribution in [0.2, 0.25) is 0 Å². The van der Waals surface area contributed by atoms with Crippen LogP contribution >= 0.6 is 22.5 Å². The van der Waals surface area contributed by atoms with E-state index >= 15 is 0 Å². The Morgan fingerprint density at radius 1 is 0.688 bits per heavy atom. The normalized spacial score (nSPS) is 11.1. The third-order valence-corrected chi connectivity index (χ3v) is 3.91. The van der Waals surface area contributed by atoms with Crippen molar-refractivity contribution >= 4 is 44.0 Å². The lowest BCUT2D eigenvalue weighted by Crippen LogP contribution is -1.79. The minimum absolute atomic E-state index is 1.17. The van der Waals surface area contributed by atoms with Crippen LogP contribution in [0.15, 0.2) is 59.5 Å². The van der Waals surface area contributed by atoms with Crippen molar-refractivity contribution in [2.45, 2.75) is 4.90 Å². The summed E-state index contributed by atoms with van der Waals surface area (Å²) < 4.78 is 0. The largest absolute Gasteiger partial charge is 0.0616 e. The summed E-state index contributed by atoms with van der Waals surface area (Å²) in [5, 5.41) is 5.11. The van der Waals surface area contributed by atoms with E-state index in [1.54, 1.807) is 0 Å². The van der Waals surface area contributed by atoms with E-state index in [1.165, 1.54) is 37.2 Å². The highest BCUT2D eigenvalue weighted by atomic mass is 33.1. The van der Waals surface area contributed by atoms with Crippen LogP contribution in [0.5, 0.6) is 0 Å². The molecule has 0 spiro atoms. The van der Waals surface area contributed by atoms with Gasteiger partial charge in [-0.3, -0.25) is 0 Å². The number of benzene rings is 3. The molecule has 0 aliphatic heterocycles. The molecule has 16 heavy (non-hydrogen) atoms. The Hall–Kier alpha value is -1.12. The maximum Gasteiger partial charge on any atom is 0.0270 e. The van der Waals surface area contributed by atoms with Crippen LogP contribution in [0.3, 0.4) is 0 Å². The average Bonchev–Trinajstić information content (AvgIpc) is 2.37. The van der Waals surface area contributed by atoms with Gasteiger partial charge in [0.15, 0.2) is 0 Å². The Kier molecular flexibility index (Phi) is 2.54. The van der Waals surface area contributed by atoms with E-state index in [0.717, 1.165) is 0 Å². The summed E-state index contributed by atoms with van der Waals surface area (Å²) in [6, 6.07) is 19.1. The molecule has 0 saturated heterocycles. The lowest BCUT2D eigenvalue weighted by molar-refractivity contribution is 1.57. The fraction of sp³-hybridized carbons (Fsp3) is 0. The van der Waals surface area contributed by atoms with Crippen LogP contribution in [0.1, 0.15) is 0 Å². The molecule has 3 aromatic carbocycles. The summed E-state index contributed by atoms with van der Waals surface area (Å²) in [6.45, 7) is 0. The quantitative estimate of drug-likeness (QED) is 0.417. The summed E-state index contributed by atoms with van der Waals surface area (Å²) in [6.07, 6.45) is 0. The van der Waals surface area contributed by atoms with Crippen molar-refractivity contribution in [3.63, 3.8) is 0 Å². The molecule has 0 aliphatic rings. The van der Waals surface area contributed by atoms with E-state index in [9.17, 15) is 0 Å². The second kappa shape index (κ2) is 4.04. The van der Waals surface area contributed by atoms with Gasteiger partial charge in [0.25, 0.3) is 0 Å². The summed E-state index contributed by atoms with van der Waals surface area (Å²) in [4.78, 5) is 1.17. The first kappa shape index (κ1) is 10.1. The molecule has 0 atom stereocenters. The molecule has 2 heteroatoms. The maximum atomic E-state index is 5.09. The monoisotopic (exact) mass is 241 g/mol. The molecule has 1 radical (unpaired) electrons. The zero-order chi connectivity index (χ0) is 11.0. The second-order valence-electron chi connectivity index (χ2n) is 3.72. The lowest BCUT2D eigenvalue weighted by atomic mass is 10.0. The molecule has 0 amide bonds. The number of rotatable bonds is 1. The maximum absolute atomic E-state index is 5.09. The Labute approximate surface area is 103 Å². The van der Waals surface area contributed by atoms with Crippen molar-refractivity contribution in [3.8, 4) is 0 Å². The molecule has 0 heterocycles. The zero-order valence-corrected chi connectivity index (χ0v) is 10.1. The highest BCUT2D eigenvalue weighted by Crippen LogP contribution is 2.33. The van der Waals surface area contributed by atoms with Crippen molar-refractivity contribution in [2.24, 2.45) is 0 Å². The molecule has 0 saturated carbocycles. The highest BCUT2D eigenvalue weighted by Gasteiger charge is 2.03. The first-order valence-electron chi connectivity index (χ1n) is 5.10. The molecule has 0 nitrogen and oxygen atoms in total. The molecular weight excluding hydrogens is 232 g/mol. The van der Waals surface area contributed by atoms with Gasteiger partial charge in [0.05, 0.1) is 0 Å². The van der Waals surface area contributed by atoms with E-state index in [4.69, 9.17) is 11.7 Å². The van der Waals surface area contributed by atoms with Crippen LogP contribution in [-0.4, -0.2) is 0 Å². The Bertz CT molecular complexity index is 659. The van der Waals surface area contributed by atoms with Crippen LogP contribution in [0, 0.1) is 0 Å². The SMILES string of the molecule is [S]Sc1cccc2c1ccc1ccccc12. The second-order valence-corrected chi connectivity index (χ2v) is 4.83. The smallest absolute Gasteiger partial charge is 0.0270 e. The third kappa shape index (κ3) is 1.49. The van der Waals surface area contributed by atoms with Gasteiger partial charge in [0, 0.05) is 4.90 Å². The fourth-order valence-corrected chi connectivity index (χ4v) is 2.92. The number of hydrogen-bond donors (Lipinski definition) is 0. The van der Waals surface area contributed by atoms with Crippen LogP contribution in [0.25, 0.3) is 21.5 Å². The predicted octanol–water partition coefficient (Wildman–Crippen LogP) is 5.20. The molecule has 0 bridgehead atoms.